The maximum Gasteiger partial charge on any atom is 0.407 e. The van der Waals surface area contributed by atoms with E-state index in [9.17, 15) is 4.79 Å². The first kappa shape index (κ1) is 13.0. The first-order valence-corrected chi connectivity index (χ1v) is 6.99. The molecule has 4 nitrogen and oxygen atoms in total. The molecule has 0 unspecified atom stereocenters. The summed E-state index contributed by atoms with van der Waals surface area (Å²) in [5.74, 6) is 0. The van der Waals surface area contributed by atoms with Crippen molar-refractivity contribution in [3.8, 4) is 0 Å². The van der Waals surface area contributed by atoms with Crippen LogP contribution in [0.3, 0.4) is 0 Å². The van der Waals surface area contributed by atoms with Gasteiger partial charge in [-0.25, -0.2) is 4.79 Å². The molecule has 1 aromatic carbocycles. The predicted molar refractivity (Wildman–Crippen MR) is 78.8 cm³/mol. The average molecular weight is 272 g/mol. The highest BCUT2D eigenvalue weighted by atomic mass is 16.6. The van der Waals surface area contributed by atoms with Gasteiger partial charge in [0.2, 0.25) is 0 Å². The summed E-state index contributed by atoms with van der Waals surface area (Å²) in [5.41, 5.74) is 2.10. The molecule has 1 aliphatic heterocycles. The van der Waals surface area contributed by atoms with Crippen molar-refractivity contribution in [3.63, 3.8) is 0 Å². The van der Waals surface area contributed by atoms with E-state index in [4.69, 9.17) is 4.74 Å². The maximum absolute atomic E-state index is 11.9. The topological polar surface area (TPSA) is 43.3 Å². The smallest absolute Gasteiger partial charge is 0.407 e. The maximum atomic E-state index is 11.9. The van der Waals surface area contributed by atoms with Crippen molar-refractivity contribution in [3.05, 3.63) is 36.0 Å². The normalized spacial score (nSPS) is 18.1. The highest BCUT2D eigenvalue weighted by Gasteiger charge is 2.24. The van der Waals surface area contributed by atoms with Gasteiger partial charge in [-0.3, -0.25) is 0 Å². The number of para-hydroxylation sites is 1. The molecule has 0 fully saturated rings. The Morgan fingerprint density at radius 2 is 2.15 bits per heavy atom. The molecule has 2 aromatic rings. The predicted octanol–water partition coefficient (Wildman–Crippen LogP) is 3.09. The minimum atomic E-state index is -0.461. The largest absolute Gasteiger partial charge is 0.444 e. The van der Waals surface area contributed by atoms with Gasteiger partial charge in [-0.2, -0.15) is 0 Å². The van der Waals surface area contributed by atoms with Crippen LogP contribution in [0.15, 0.2) is 30.5 Å². The lowest BCUT2D eigenvalue weighted by molar-refractivity contribution is 0.0498. The van der Waals surface area contributed by atoms with Gasteiger partial charge in [-0.05, 0) is 44.2 Å². The summed E-state index contributed by atoms with van der Waals surface area (Å²) in [6.07, 6.45) is 2.59. The van der Waals surface area contributed by atoms with Crippen LogP contribution >= 0.6 is 0 Å². The number of benzene rings is 1. The standard InChI is InChI=1S/C16H20N2O2/c1-16(2,3)20-15(19)17-13-9-12-6-4-5-11-7-8-18(10-13)14(11)12/h4-8,13H,9-10H2,1-3H3,(H,17,19)/t13-/m0/s1. The van der Waals surface area contributed by atoms with Crippen molar-refractivity contribution in [2.75, 3.05) is 0 Å². The fourth-order valence-electron chi connectivity index (χ4n) is 2.80. The number of rotatable bonds is 1. The number of hydrogen-bond acceptors (Lipinski definition) is 2. The van der Waals surface area contributed by atoms with Crippen LogP contribution in [0.2, 0.25) is 0 Å². The number of ether oxygens (including phenoxy) is 1. The Balaban J connectivity index is 1.75. The Labute approximate surface area is 118 Å². The van der Waals surface area contributed by atoms with E-state index in [2.05, 4.69) is 40.3 Å². The van der Waals surface area contributed by atoms with E-state index in [0.717, 1.165) is 13.0 Å². The summed E-state index contributed by atoms with van der Waals surface area (Å²) >= 11 is 0. The molecule has 106 valence electrons. The van der Waals surface area contributed by atoms with Crippen LogP contribution in [-0.4, -0.2) is 22.3 Å². The van der Waals surface area contributed by atoms with Gasteiger partial charge in [0.05, 0.1) is 11.6 Å². The fourth-order valence-corrected chi connectivity index (χ4v) is 2.80. The van der Waals surface area contributed by atoms with Gasteiger partial charge in [-0.1, -0.05) is 18.2 Å². The van der Waals surface area contributed by atoms with E-state index in [1.165, 1.54) is 16.5 Å². The van der Waals surface area contributed by atoms with Crippen LogP contribution in [0.5, 0.6) is 0 Å². The van der Waals surface area contributed by atoms with E-state index in [-0.39, 0.29) is 12.1 Å². The monoisotopic (exact) mass is 272 g/mol. The second kappa shape index (κ2) is 4.54. The van der Waals surface area contributed by atoms with Crippen LogP contribution in [0.1, 0.15) is 26.3 Å². The van der Waals surface area contributed by atoms with Crippen molar-refractivity contribution in [1.82, 2.24) is 9.88 Å². The molecule has 0 saturated carbocycles. The van der Waals surface area contributed by atoms with Crippen LogP contribution in [-0.2, 0) is 17.7 Å². The highest BCUT2D eigenvalue weighted by Crippen LogP contribution is 2.26. The molecule has 3 rings (SSSR count). The Bertz CT molecular complexity index is 652. The van der Waals surface area contributed by atoms with Gasteiger partial charge >= 0.3 is 6.09 Å². The Hall–Kier alpha value is -1.97. The lowest BCUT2D eigenvalue weighted by Crippen LogP contribution is -2.43. The third kappa shape index (κ3) is 2.50. The highest BCUT2D eigenvalue weighted by molar-refractivity contribution is 5.84. The van der Waals surface area contributed by atoms with E-state index in [1.54, 1.807) is 0 Å². The van der Waals surface area contributed by atoms with Gasteiger partial charge in [0.25, 0.3) is 0 Å². The number of nitrogens with one attached hydrogen (secondary N) is 1. The van der Waals surface area contributed by atoms with Crippen LogP contribution < -0.4 is 5.32 Å². The Morgan fingerprint density at radius 1 is 1.35 bits per heavy atom. The number of alkyl carbamates (subject to hydrolysis) is 1. The summed E-state index contributed by atoms with van der Waals surface area (Å²) in [4.78, 5) is 11.9. The zero-order chi connectivity index (χ0) is 14.3. The van der Waals surface area contributed by atoms with E-state index in [0.29, 0.717) is 0 Å². The lowest BCUT2D eigenvalue weighted by atomic mass is 10.0. The number of carbonyl (C=O) groups is 1. The van der Waals surface area contributed by atoms with Gasteiger partial charge in [0, 0.05) is 12.7 Å². The molecule has 1 atom stereocenters. The second-order valence-corrected chi connectivity index (χ2v) is 6.37. The van der Waals surface area contributed by atoms with Gasteiger partial charge < -0.3 is 14.6 Å². The van der Waals surface area contributed by atoms with Crippen molar-refractivity contribution in [2.24, 2.45) is 0 Å². The molecule has 1 amide bonds. The number of aromatic nitrogens is 1. The molecule has 4 heteroatoms. The van der Waals surface area contributed by atoms with Crippen molar-refractivity contribution in [2.45, 2.75) is 45.4 Å². The summed E-state index contributed by atoms with van der Waals surface area (Å²) in [6.45, 7) is 6.41. The third-order valence-corrected chi connectivity index (χ3v) is 3.48. The number of amides is 1. The number of carbonyl (C=O) groups excluding carboxylic acids is 1. The Kier molecular flexibility index (Phi) is 2.96. The average Bonchev–Trinajstić information content (AvgIpc) is 2.72. The molecular weight excluding hydrogens is 252 g/mol. The van der Waals surface area contributed by atoms with E-state index >= 15 is 0 Å². The SMILES string of the molecule is CC(C)(C)OC(=O)N[C@H]1Cc2cccc3ccn(c23)C1. The second-order valence-electron chi connectivity index (χ2n) is 6.37. The molecule has 0 spiro atoms. The minimum Gasteiger partial charge on any atom is -0.444 e. The molecule has 2 heterocycles. The molecular formula is C16H20N2O2. The molecule has 0 saturated heterocycles. The van der Waals surface area contributed by atoms with Crippen LogP contribution in [0.25, 0.3) is 10.9 Å². The molecule has 0 bridgehead atoms. The summed E-state index contributed by atoms with van der Waals surface area (Å²) < 4.78 is 7.53. The van der Waals surface area contributed by atoms with Crippen molar-refractivity contribution in [1.29, 1.82) is 0 Å². The zero-order valence-corrected chi connectivity index (χ0v) is 12.1. The first-order chi connectivity index (χ1) is 9.42. The van der Waals surface area contributed by atoms with Crippen LogP contribution in [0, 0.1) is 0 Å². The lowest BCUT2D eigenvalue weighted by Gasteiger charge is -2.27. The van der Waals surface area contributed by atoms with Crippen LogP contribution in [0.4, 0.5) is 4.79 Å². The number of nitrogens with zero attached hydrogens (tertiary/aromatic N) is 1. The van der Waals surface area contributed by atoms with Gasteiger partial charge in [0.1, 0.15) is 5.60 Å². The molecule has 0 radical (unpaired) electrons. The molecule has 0 aliphatic carbocycles. The Morgan fingerprint density at radius 3 is 2.90 bits per heavy atom. The molecule has 1 N–H and O–H groups in total. The quantitative estimate of drug-likeness (QED) is 0.867. The van der Waals surface area contributed by atoms with E-state index in [1.807, 2.05) is 20.8 Å². The number of hydrogen-bond donors (Lipinski definition) is 1. The summed E-state index contributed by atoms with van der Waals surface area (Å²) in [7, 11) is 0. The third-order valence-electron chi connectivity index (χ3n) is 3.48. The van der Waals surface area contributed by atoms with Crippen molar-refractivity contribution >= 4 is 17.0 Å². The summed E-state index contributed by atoms with van der Waals surface area (Å²) in [5, 5.41) is 4.23. The summed E-state index contributed by atoms with van der Waals surface area (Å²) in [6, 6.07) is 8.51. The van der Waals surface area contributed by atoms with Gasteiger partial charge in [0.15, 0.2) is 0 Å². The minimum absolute atomic E-state index is 0.0790. The van der Waals surface area contributed by atoms with Crippen molar-refractivity contribution < 1.29 is 9.53 Å². The molecule has 1 aromatic heterocycles. The fraction of sp³-hybridized carbons (Fsp3) is 0.438. The molecule has 20 heavy (non-hydrogen) atoms. The molecule has 1 aliphatic rings. The first-order valence-electron chi connectivity index (χ1n) is 6.99. The zero-order valence-electron chi connectivity index (χ0n) is 12.1. The van der Waals surface area contributed by atoms with E-state index < -0.39 is 5.60 Å². The van der Waals surface area contributed by atoms with Gasteiger partial charge in [-0.15, -0.1) is 0 Å².